The number of carbonyl (C=O) groups is 1. The fourth-order valence-corrected chi connectivity index (χ4v) is 4.04. The van der Waals surface area contributed by atoms with Crippen LogP contribution in [0, 0.1) is 16.0 Å². The van der Waals surface area contributed by atoms with Crippen LogP contribution >= 0.6 is 0 Å². The average Bonchev–Trinajstić information content (AvgIpc) is 3.20. The molecule has 0 aromatic heterocycles. The van der Waals surface area contributed by atoms with E-state index in [-0.39, 0.29) is 17.6 Å². The summed E-state index contributed by atoms with van der Waals surface area (Å²) < 4.78 is 0. The van der Waals surface area contributed by atoms with Gasteiger partial charge in [0.05, 0.1) is 4.92 Å². The number of non-ortho nitro benzene ring substituents is 1. The van der Waals surface area contributed by atoms with Crippen LogP contribution in [0.2, 0.25) is 0 Å². The highest BCUT2D eigenvalue weighted by molar-refractivity contribution is 5.81. The SMILES string of the molecule is CN=C(NCc1cccc([N+](=O)[O-])c1)NC1CCN(C(=O)C2CCCCC2)C1. The molecule has 8 heteroatoms. The molecule has 1 heterocycles. The van der Waals surface area contributed by atoms with Gasteiger partial charge in [-0.3, -0.25) is 19.9 Å². The monoisotopic (exact) mass is 387 g/mol. The molecule has 1 aromatic rings. The van der Waals surface area contributed by atoms with Crippen LogP contribution in [0.25, 0.3) is 0 Å². The van der Waals surface area contributed by atoms with Gasteiger partial charge in [0.25, 0.3) is 5.69 Å². The van der Waals surface area contributed by atoms with Gasteiger partial charge < -0.3 is 15.5 Å². The number of likely N-dealkylation sites (tertiary alicyclic amines) is 1. The molecule has 2 N–H and O–H groups in total. The molecule has 0 bridgehead atoms. The van der Waals surface area contributed by atoms with Crippen molar-refractivity contribution < 1.29 is 9.72 Å². The van der Waals surface area contributed by atoms with Crippen molar-refractivity contribution in [1.29, 1.82) is 0 Å². The third-order valence-electron chi connectivity index (χ3n) is 5.60. The highest BCUT2D eigenvalue weighted by Crippen LogP contribution is 2.26. The van der Waals surface area contributed by atoms with Crippen LogP contribution in [0.15, 0.2) is 29.3 Å². The largest absolute Gasteiger partial charge is 0.352 e. The van der Waals surface area contributed by atoms with Crippen LogP contribution < -0.4 is 10.6 Å². The van der Waals surface area contributed by atoms with Gasteiger partial charge in [-0.25, -0.2) is 0 Å². The maximum absolute atomic E-state index is 12.7. The van der Waals surface area contributed by atoms with E-state index in [1.54, 1.807) is 19.2 Å². The quantitative estimate of drug-likeness (QED) is 0.350. The summed E-state index contributed by atoms with van der Waals surface area (Å²) in [6, 6.07) is 6.72. The van der Waals surface area contributed by atoms with E-state index in [4.69, 9.17) is 0 Å². The molecule has 1 saturated heterocycles. The molecular formula is C20H29N5O3. The molecule has 1 unspecified atom stereocenters. The van der Waals surface area contributed by atoms with Gasteiger partial charge in [0, 0.05) is 50.8 Å². The third kappa shape index (κ3) is 5.21. The fraction of sp³-hybridized carbons (Fsp3) is 0.600. The number of nitro groups is 1. The molecule has 3 rings (SSSR count). The first-order chi connectivity index (χ1) is 13.6. The zero-order valence-corrected chi connectivity index (χ0v) is 16.4. The van der Waals surface area contributed by atoms with Crippen molar-refractivity contribution in [1.82, 2.24) is 15.5 Å². The van der Waals surface area contributed by atoms with Crippen LogP contribution in [0.4, 0.5) is 5.69 Å². The van der Waals surface area contributed by atoms with Crippen LogP contribution in [0.5, 0.6) is 0 Å². The lowest BCUT2D eigenvalue weighted by Gasteiger charge is -2.26. The molecule has 2 aliphatic rings. The second-order valence-corrected chi connectivity index (χ2v) is 7.60. The molecule has 1 aliphatic carbocycles. The summed E-state index contributed by atoms with van der Waals surface area (Å²) in [6.45, 7) is 1.93. The highest BCUT2D eigenvalue weighted by atomic mass is 16.6. The molecule has 0 spiro atoms. The zero-order chi connectivity index (χ0) is 19.9. The van der Waals surface area contributed by atoms with Gasteiger partial charge in [-0.15, -0.1) is 0 Å². The number of hydrogen-bond donors (Lipinski definition) is 2. The molecule has 1 aromatic carbocycles. The predicted molar refractivity (Wildman–Crippen MR) is 108 cm³/mol. The number of carbonyl (C=O) groups excluding carboxylic acids is 1. The summed E-state index contributed by atoms with van der Waals surface area (Å²) in [6.07, 6.45) is 6.54. The van der Waals surface area contributed by atoms with Crippen LogP contribution in [0.1, 0.15) is 44.1 Å². The summed E-state index contributed by atoms with van der Waals surface area (Å²) >= 11 is 0. The standard InChI is InChI=1S/C20H29N5O3/c1-21-20(22-13-15-6-5-9-18(12-15)25(27)28)23-17-10-11-24(14-17)19(26)16-7-3-2-4-8-16/h5-6,9,12,16-17H,2-4,7-8,10-11,13-14H2,1H3,(H2,21,22,23). The van der Waals surface area contributed by atoms with E-state index in [2.05, 4.69) is 15.6 Å². The van der Waals surface area contributed by atoms with Crippen LogP contribution in [-0.2, 0) is 11.3 Å². The van der Waals surface area contributed by atoms with Crippen LogP contribution in [-0.4, -0.2) is 47.9 Å². The number of aliphatic imine (C=N–C) groups is 1. The molecule has 1 atom stereocenters. The van der Waals surface area contributed by atoms with Gasteiger partial charge in [-0.05, 0) is 24.8 Å². The van der Waals surface area contributed by atoms with Crippen molar-refractivity contribution >= 4 is 17.6 Å². The van der Waals surface area contributed by atoms with Gasteiger partial charge in [0.2, 0.25) is 5.91 Å². The van der Waals surface area contributed by atoms with Crippen molar-refractivity contribution in [3.05, 3.63) is 39.9 Å². The first-order valence-corrected chi connectivity index (χ1v) is 10.1. The van der Waals surface area contributed by atoms with Crippen molar-refractivity contribution in [3.63, 3.8) is 0 Å². The number of hydrogen-bond acceptors (Lipinski definition) is 4. The van der Waals surface area contributed by atoms with E-state index in [1.165, 1.54) is 25.3 Å². The summed E-state index contributed by atoms with van der Waals surface area (Å²) in [5.41, 5.74) is 0.896. The number of amides is 1. The van der Waals surface area contributed by atoms with Crippen molar-refractivity contribution in [3.8, 4) is 0 Å². The topological polar surface area (TPSA) is 99.9 Å². The first-order valence-electron chi connectivity index (χ1n) is 10.1. The second kappa shape index (κ2) is 9.52. The zero-order valence-electron chi connectivity index (χ0n) is 16.4. The van der Waals surface area contributed by atoms with E-state index in [1.807, 2.05) is 11.0 Å². The third-order valence-corrected chi connectivity index (χ3v) is 5.60. The van der Waals surface area contributed by atoms with Crippen molar-refractivity contribution in [2.24, 2.45) is 10.9 Å². The second-order valence-electron chi connectivity index (χ2n) is 7.60. The van der Waals surface area contributed by atoms with E-state index in [9.17, 15) is 14.9 Å². The lowest BCUT2D eigenvalue weighted by Crippen LogP contribution is -2.45. The molecule has 8 nitrogen and oxygen atoms in total. The Labute approximate surface area is 165 Å². The van der Waals surface area contributed by atoms with Gasteiger partial charge in [0.15, 0.2) is 5.96 Å². The van der Waals surface area contributed by atoms with E-state index >= 15 is 0 Å². The minimum absolute atomic E-state index is 0.0786. The molecule has 28 heavy (non-hydrogen) atoms. The van der Waals surface area contributed by atoms with Gasteiger partial charge in [0.1, 0.15) is 0 Å². The Bertz CT molecular complexity index is 730. The number of nitrogens with zero attached hydrogens (tertiary/aromatic N) is 3. The molecule has 152 valence electrons. The summed E-state index contributed by atoms with van der Waals surface area (Å²) in [4.78, 5) is 29.4. The summed E-state index contributed by atoms with van der Waals surface area (Å²) in [7, 11) is 1.70. The maximum Gasteiger partial charge on any atom is 0.269 e. The lowest BCUT2D eigenvalue weighted by molar-refractivity contribution is -0.384. The number of guanidine groups is 1. The van der Waals surface area contributed by atoms with E-state index in [0.717, 1.165) is 31.4 Å². The smallest absolute Gasteiger partial charge is 0.269 e. The maximum atomic E-state index is 12.7. The number of benzene rings is 1. The van der Waals surface area contributed by atoms with Crippen LogP contribution in [0.3, 0.4) is 0 Å². The number of nitro benzene ring substituents is 1. The Kier molecular flexibility index (Phi) is 6.84. The molecule has 2 fully saturated rings. The highest BCUT2D eigenvalue weighted by Gasteiger charge is 2.31. The molecule has 1 aliphatic heterocycles. The van der Waals surface area contributed by atoms with Crippen molar-refractivity contribution in [2.45, 2.75) is 51.1 Å². The molecular weight excluding hydrogens is 358 g/mol. The molecule has 1 saturated carbocycles. The molecule has 1 amide bonds. The Morgan fingerprint density at radius 2 is 2.07 bits per heavy atom. The number of nitrogens with one attached hydrogen (secondary N) is 2. The summed E-state index contributed by atoms with van der Waals surface area (Å²) in [5, 5.41) is 17.5. The Morgan fingerprint density at radius 1 is 1.29 bits per heavy atom. The Balaban J connectivity index is 1.48. The Morgan fingerprint density at radius 3 is 2.79 bits per heavy atom. The first kappa shape index (κ1) is 20.1. The van der Waals surface area contributed by atoms with E-state index < -0.39 is 4.92 Å². The van der Waals surface area contributed by atoms with Gasteiger partial charge >= 0.3 is 0 Å². The van der Waals surface area contributed by atoms with Gasteiger partial charge in [-0.1, -0.05) is 31.4 Å². The average molecular weight is 387 g/mol. The van der Waals surface area contributed by atoms with Gasteiger partial charge in [-0.2, -0.15) is 0 Å². The minimum Gasteiger partial charge on any atom is -0.352 e. The summed E-state index contributed by atoms with van der Waals surface area (Å²) in [5.74, 6) is 1.16. The molecule has 0 radical (unpaired) electrons. The van der Waals surface area contributed by atoms with Crippen molar-refractivity contribution in [2.75, 3.05) is 20.1 Å². The normalized spacial score (nSPS) is 20.8. The van der Waals surface area contributed by atoms with E-state index in [0.29, 0.717) is 25.0 Å². The Hall–Kier alpha value is -2.64. The fourth-order valence-electron chi connectivity index (χ4n) is 4.04. The predicted octanol–water partition coefficient (Wildman–Crippen LogP) is 2.44. The number of rotatable bonds is 5. The lowest BCUT2D eigenvalue weighted by atomic mass is 9.88. The minimum atomic E-state index is -0.396.